The highest BCUT2D eigenvalue weighted by molar-refractivity contribution is 5.84. The number of phenolic OH excluding ortho intramolecular Hbond substituents is 1. The van der Waals surface area contributed by atoms with Gasteiger partial charge < -0.3 is 15.0 Å². The van der Waals surface area contributed by atoms with E-state index in [2.05, 4.69) is 47.3 Å². The van der Waals surface area contributed by atoms with Gasteiger partial charge in [-0.15, -0.1) is 0 Å². The minimum Gasteiger partial charge on any atom is -0.508 e. The van der Waals surface area contributed by atoms with Crippen molar-refractivity contribution in [1.29, 1.82) is 0 Å². The molecule has 0 saturated heterocycles. The zero-order chi connectivity index (χ0) is 13.2. The Balaban J connectivity index is 1.91. The van der Waals surface area contributed by atoms with Gasteiger partial charge >= 0.3 is 0 Å². The number of fused-ring (bicyclic) bond motifs is 1. The van der Waals surface area contributed by atoms with E-state index < -0.39 is 0 Å². The van der Waals surface area contributed by atoms with Crippen LogP contribution in [0.2, 0.25) is 0 Å². The third-order valence-electron chi connectivity index (χ3n) is 3.27. The maximum Gasteiger partial charge on any atom is 0.115 e. The number of phenols is 1. The summed E-state index contributed by atoms with van der Waals surface area (Å²) in [5.74, 6) is 0.279. The number of benzene rings is 2. The molecule has 3 heteroatoms. The fourth-order valence-corrected chi connectivity index (χ4v) is 2.27. The van der Waals surface area contributed by atoms with Crippen LogP contribution in [0.3, 0.4) is 0 Å². The molecule has 0 aliphatic carbocycles. The highest BCUT2D eigenvalue weighted by atomic mass is 16.3. The van der Waals surface area contributed by atoms with Gasteiger partial charge in [-0.1, -0.05) is 0 Å². The molecule has 0 radical (unpaired) electrons. The lowest BCUT2D eigenvalue weighted by molar-refractivity contribution is 0.475. The summed E-state index contributed by atoms with van der Waals surface area (Å²) in [6, 6.07) is 15.5. The largest absolute Gasteiger partial charge is 0.508 e. The molecule has 0 spiro atoms. The molecule has 3 rings (SSSR count). The molecular weight excluding hydrogens is 236 g/mol. The Morgan fingerprint density at radius 2 is 1.74 bits per heavy atom. The number of anilines is 2. The molecule has 0 unspecified atom stereocenters. The molecule has 0 atom stereocenters. The molecule has 0 aliphatic rings. The second kappa shape index (κ2) is 4.69. The van der Waals surface area contributed by atoms with Gasteiger partial charge in [0.15, 0.2) is 0 Å². The average molecular weight is 252 g/mol. The molecule has 0 aliphatic heterocycles. The fourth-order valence-electron chi connectivity index (χ4n) is 2.27. The SMILES string of the molecule is CCn1ccc2cc(Nc3ccc(O)cc3)ccc21. The summed E-state index contributed by atoms with van der Waals surface area (Å²) >= 11 is 0. The Morgan fingerprint density at radius 3 is 2.47 bits per heavy atom. The van der Waals surface area contributed by atoms with Gasteiger partial charge in [0.1, 0.15) is 5.75 Å². The first-order valence-electron chi connectivity index (χ1n) is 6.41. The summed E-state index contributed by atoms with van der Waals surface area (Å²) in [5.41, 5.74) is 3.26. The van der Waals surface area contributed by atoms with E-state index in [-0.39, 0.29) is 5.75 Å². The first kappa shape index (κ1) is 11.7. The van der Waals surface area contributed by atoms with E-state index >= 15 is 0 Å². The Morgan fingerprint density at radius 1 is 1.00 bits per heavy atom. The van der Waals surface area contributed by atoms with Crippen molar-refractivity contribution in [2.24, 2.45) is 0 Å². The minimum atomic E-state index is 0.279. The van der Waals surface area contributed by atoms with Gasteiger partial charge in [-0.25, -0.2) is 0 Å². The van der Waals surface area contributed by atoms with Crippen molar-refractivity contribution >= 4 is 22.3 Å². The number of aryl methyl sites for hydroxylation is 1. The van der Waals surface area contributed by atoms with Crippen molar-refractivity contribution in [3.63, 3.8) is 0 Å². The number of aromatic hydroxyl groups is 1. The van der Waals surface area contributed by atoms with E-state index in [1.165, 1.54) is 10.9 Å². The predicted octanol–water partition coefficient (Wildman–Crippen LogP) is 4.11. The van der Waals surface area contributed by atoms with Gasteiger partial charge in [0.2, 0.25) is 0 Å². The van der Waals surface area contributed by atoms with Gasteiger partial charge in [-0.05, 0) is 55.5 Å². The second-order valence-corrected chi connectivity index (χ2v) is 4.55. The zero-order valence-corrected chi connectivity index (χ0v) is 10.8. The van der Waals surface area contributed by atoms with Crippen molar-refractivity contribution in [2.45, 2.75) is 13.5 Å². The van der Waals surface area contributed by atoms with Gasteiger partial charge in [0, 0.05) is 35.0 Å². The third kappa shape index (κ3) is 2.27. The van der Waals surface area contributed by atoms with Crippen LogP contribution in [0, 0.1) is 0 Å². The molecule has 2 N–H and O–H groups in total. The first-order valence-corrected chi connectivity index (χ1v) is 6.41. The molecule has 0 bridgehead atoms. The summed E-state index contributed by atoms with van der Waals surface area (Å²) in [5, 5.41) is 13.8. The maximum absolute atomic E-state index is 9.26. The maximum atomic E-state index is 9.26. The van der Waals surface area contributed by atoms with Crippen molar-refractivity contribution in [3.8, 4) is 5.75 Å². The molecule has 19 heavy (non-hydrogen) atoms. The van der Waals surface area contributed by atoms with Crippen LogP contribution in [-0.2, 0) is 6.54 Å². The fraction of sp³-hybridized carbons (Fsp3) is 0.125. The van der Waals surface area contributed by atoms with Crippen LogP contribution in [0.4, 0.5) is 11.4 Å². The number of rotatable bonds is 3. The van der Waals surface area contributed by atoms with Gasteiger partial charge in [0.25, 0.3) is 0 Å². The minimum absolute atomic E-state index is 0.279. The average Bonchev–Trinajstić information content (AvgIpc) is 2.83. The zero-order valence-electron chi connectivity index (χ0n) is 10.8. The van der Waals surface area contributed by atoms with E-state index in [0.29, 0.717) is 0 Å². The summed E-state index contributed by atoms with van der Waals surface area (Å²) in [4.78, 5) is 0. The van der Waals surface area contributed by atoms with Crippen molar-refractivity contribution in [1.82, 2.24) is 4.57 Å². The quantitative estimate of drug-likeness (QED) is 0.688. The number of nitrogens with zero attached hydrogens (tertiary/aromatic N) is 1. The van der Waals surface area contributed by atoms with Crippen molar-refractivity contribution in [3.05, 3.63) is 54.7 Å². The van der Waals surface area contributed by atoms with Crippen LogP contribution < -0.4 is 5.32 Å². The van der Waals surface area contributed by atoms with Gasteiger partial charge in [-0.2, -0.15) is 0 Å². The molecule has 1 aromatic heterocycles. The molecule has 0 amide bonds. The monoisotopic (exact) mass is 252 g/mol. The summed E-state index contributed by atoms with van der Waals surface area (Å²) in [6.45, 7) is 3.12. The van der Waals surface area contributed by atoms with E-state index in [4.69, 9.17) is 0 Å². The standard InChI is InChI=1S/C16H16N2O/c1-2-18-10-9-12-11-14(5-8-16(12)18)17-13-3-6-15(19)7-4-13/h3-11,17,19H,2H2,1H3. The van der Waals surface area contributed by atoms with E-state index in [1.807, 2.05) is 12.1 Å². The lowest BCUT2D eigenvalue weighted by Crippen LogP contribution is -1.92. The van der Waals surface area contributed by atoms with Gasteiger partial charge in [-0.3, -0.25) is 0 Å². The Bertz CT molecular complexity index is 698. The molecule has 1 heterocycles. The number of nitrogens with one attached hydrogen (secondary N) is 1. The number of hydrogen-bond acceptors (Lipinski definition) is 2. The lowest BCUT2D eigenvalue weighted by atomic mass is 10.2. The van der Waals surface area contributed by atoms with Crippen LogP contribution >= 0.6 is 0 Å². The van der Waals surface area contributed by atoms with Gasteiger partial charge in [0.05, 0.1) is 0 Å². The summed E-state index contributed by atoms with van der Waals surface area (Å²) in [7, 11) is 0. The summed E-state index contributed by atoms with van der Waals surface area (Å²) in [6.07, 6.45) is 2.11. The van der Waals surface area contributed by atoms with E-state index in [1.54, 1.807) is 12.1 Å². The number of aromatic nitrogens is 1. The molecule has 0 fully saturated rings. The topological polar surface area (TPSA) is 37.2 Å². The first-order chi connectivity index (χ1) is 9.26. The van der Waals surface area contributed by atoms with Crippen LogP contribution in [0.25, 0.3) is 10.9 Å². The van der Waals surface area contributed by atoms with Crippen molar-refractivity contribution < 1.29 is 5.11 Å². The summed E-state index contributed by atoms with van der Waals surface area (Å²) < 4.78 is 2.22. The lowest BCUT2D eigenvalue weighted by Gasteiger charge is -2.07. The highest BCUT2D eigenvalue weighted by Gasteiger charge is 2.01. The Kier molecular flexibility index (Phi) is 2.88. The highest BCUT2D eigenvalue weighted by Crippen LogP contribution is 2.24. The van der Waals surface area contributed by atoms with Crippen LogP contribution in [0.1, 0.15) is 6.92 Å². The molecular formula is C16H16N2O. The molecule has 0 saturated carbocycles. The Labute approximate surface area is 112 Å². The third-order valence-corrected chi connectivity index (χ3v) is 3.27. The molecule has 3 aromatic rings. The predicted molar refractivity (Wildman–Crippen MR) is 79.0 cm³/mol. The van der Waals surface area contributed by atoms with E-state index in [9.17, 15) is 5.11 Å². The molecule has 3 nitrogen and oxygen atoms in total. The normalized spacial score (nSPS) is 10.8. The van der Waals surface area contributed by atoms with Crippen LogP contribution in [-0.4, -0.2) is 9.67 Å². The Hall–Kier alpha value is -2.42. The van der Waals surface area contributed by atoms with Crippen LogP contribution in [0.15, 0.2) is 54.7 Å². The van der Waals surface area contributed by atoms with E-state index in [0.717, 1.165) is 17.9 Å². The molecule has 96 valence electrons. The number of hydrogen-bond donors (Lipinski definition) is 2. The molecule has 2 aromatic carbocycles. The van der Waals surface area contributed by atoms with Crippen molar-refractivity contribution in [2.75, 3.05) is 5.32 Å². The smallest absolute Gasteiger partial charge is 0.115 e. The van der Waals surface area contributed by atoms with Crippen LogP contribution in [0.5, 0.6) is 5.75 Å². The second-order valence-electron chi connectivity index (χ2n) is 4.55.